The van der Waals surface area contributed by atoms with E-state index >= 15 is 0 Å². The van der Waals surface area contributed by atoms with E-state index in [1.807, 2.05) is 0 Å². The van der Waals surface area contributed by atoms with Crippen molar-refractivity contribution in [3.8, 4) is 0 Å². The highest BCUT2D eigenvalue weighted by Gasteiger charge is 2.32. The van der Waals surface area contributed by atoms with Gasteiger partial charge < -0.3 is 16.2 Å². The number of hydrogen-bond donors (Lipinski definition) is 3. The average Bonchev–Trinajstić information content (AvgIpc) is 2.39. The minimum atomic E-state index is -0.624. The van der Waals surface area contributed by atoms with Crippen molar-refractivity contribution in [3.05, 3.63) is 11.9 Å². The highest BCUT2D eigenvalue weighted by atomic mass is 16.3. The Kier molecular flexibility index (Phi) is 4.81. The molecule has 5 heteroatoms. The molecule has 1 aromatic heterocycles. The molecule has 2 atom stereocenters. The second kappa shape index (κ2) is 6.39. The first-order valence-corrected chi connectivity index (χ1v) is 7.59. The van der Waals surface area contributed by atoms with Gasteiger partial charge in [-0.3, -0.25) is 0 Å². The molecule has 1 fully saturated rings. The highest BCUT2D eigenvalue weighted by molar-refractivity contribution is 5.55. The van der Waals surface area contributed by atoms with E-state index in [0.717, 1.165) is 43.5 Å². The molecule has 1 aromatic rings. The standard InChI is InChI=1S/C15H26N4O/c1-3-5-12-13(16)18-10-19-14(12)17-9-15(20)7-4-6-11(2)8-15/h10-11,20H,3-9H2,1-2H3,(H3,16,17,18,19). The van der Waals surface area contributed by atoms with Crippen LogP contribution in [-0.2, 0) is 6.42 Å². The molecule has 0 radical (unpaired) electrons. The van der Waals surface area contributed by atoms with Crippen LogP contribution in [0.3, 0.4) is 0 Å². The molecule has 1 heterocycles. The summed E-state index contributed by atoms with van der Waals surface area (Å²) in [5.74, 6) is 1.89. The van der Waals surface area contributed by atoms with E-state index in [4.69, 9.17) is 5.73 Å². The molecule has 0 aromatic carbocycles. The summed E-state index contributed by atoms with van der Waals surface area (Å²) in [7, 11) is 0. The van der Waals surface area contributed by atoms with Gasteiger partial charge in [-0.25, -0.2) is 9.97 Å². The molecule has 1 saturated carbocycles. The van der Waals surface area contributed by atoms with Gasteiger partial charge in [-0.15, -0.1) is 0 Å². The Labute approximate surface area is 121 Å². The van der Waals surface area contributed by atoms with Gasteiger partial charge in [0.1, 0.15) is 18.0 Å². The number of nitrogens with two attached hydrogens (primary N) is 1. The minimum absolute atomic E-state index is 0.532. The molecule has 0 saturated heterocycles. The van der Waals surface area contributed by atoms with Crippen LogP contribution in [-0.4, -0.2) is 27.2 Å². The molecule has 2 unspecified atom stereocenters. The maximum absolute atomic E-state index is 10.7. The Bertz CT molecular complexity index is 451. The van der Waals surface area contributed by atoms with Gasteiger partial charge in [0.25, 0.3) is 0 Å². The first-order chi connectivity index (χ1) is 9.54. The van der Waals surface area contributed by atoms with Crippen molar-refractivity contribution in [2.45, 2.75) is 58.0 Å². The second-order valence-corrected chi connectivity index (χ2v) is 6.12. The predicted octanol–water partition coefficient (Wildman–Crippen LogP) is 2.36. The molecule has 112 valence electrons. The largest absolute Gasteiger partial charge is 0.388 e. The third-order valence-electron chi connectivity index (χ3n) is 4.13. The van der Waals surface area contributed by atoms with Crippen LogP contribution in [0.15, 0.2) is 6.33 Å². The summed E-state index contributed by atoms with van der Waals surface area (Å²) >= 11 is 0. The molecule has 1 aliphatic carbocycles. The molecule has 0 aliphatic heterocycles. The van der Waals surface area contributed by atoms with Crippen molar-refractivity contribution in [1.82, 2.24) is 9.97 Å². The number of aliphatic hydroxyl groups is 1. The van der Waals surface area contributed by atoms with Crippen molar-refractivity contribution < 1.29 is 5.11 Å². The number of nitrogens with zero attached hydrogens (tertiary/aromatic N) is 2. The van der Waals surface area contributed by atoms with Crippen LogP contribution in [0.4, 0.5) is 11.6 Å². The lowest BCUT2D eigenvalue weighted by Gasteiger charge is -2.35. The fourth-order valence-corrected chi connectivity index (χ4v) is 3.12. The molecule has 0 spiro atoms. The Morgan fingerprint density at radius 2 is 2.30 bits per heavy atom. The van der Waals surface area contributed by atoms with Crippen molar-refractivity contribution in [1.29, 1.82) is 0 Å². The van der Waals surface area contributed by atoms with Crippen molar-refractivity contribution in [2.75, 3.05) is 17.6 Å². The normalized spacial score (nSPS) is 26.4. The van der Waals surface area contributed by atoms with Gasteiger partial charge in [-0.1, -0.05) is 33.1 Å². The van der Waals surface area contributed by atoms with Gasteiger partial charge in [0.05, 0.1) is 5.60 Å². The third-order valence-corrected chi connectivity index (χ3v) is 4.13. The molecule has 1 aliphatic rings. The van der Waals surface area contributed by atoms with Crippen LogP contribution in [0.5, 0.6) is 0 Å². The first kappa shape index (κ1) is 15.0. The van der Waals surface area contributed by atoms with Gasteiger partial charge in [-0.2, -0.15) is 0 Å². The van der Waals surface area contributed by atoms with E-state index in [-0.39, 0.29) is 0 Å². The quantitative estimate of drug-likeness (QED) is 0.770. The predicted molar refractivity (Wildman–Crippen MR) is 81.5 cm³/mol. The van der Waals surface area contributed by atoms with E-state index in [1.54, 1.807) is 0 Å². The zero-order valence-electron chi connectivity index (χ0n) is 12.5. The van der Waals surface area contributed by atoms with Gasteiger partial charge in [0, 0.05) is 12.1 Å². The average molecular weight is 278 g/mol. The van der Waals surface area contributed by atoms with Gasteiger partial charge in [0.2, 0.25) is 0 Å². The van der Waals surface area contributed by atoms with Crippen molar-refractivity contribution in [2.24, 2.45) is 5.92 Å². The van der Waals surface area contributed by atoms with Crippen molar-refractivity contribution >= 4 is 11.6 Å². The van der Waals surface area contributed by atoms with E-state index in [0.29, 0.717) is 18.3 Å². The first-order valence-electron chi connectivity index (χ1n) is 7.59. The summed E-state index contributed by atoms with van der Waals surface area (Å²) in [5, 5.41) is 13.9. The Hall–Kier alpha value is -1.36. The van der Waals surface area contributed by atoms with Crippen LogP contribution in [0, 0.1) is 5.92 Å². The lowest BCUT2D eigenvalue weighted by molar-refractivity contribution is -0.000839. The van der Waals surface area contributed by atoms with Crippen LogP contribution >= 0.6 is 0 Å². The maximum atomic E-state index is 10.7. The van der Waals surface area contributed by atoms with E-state index < -0.39 is 5.60 Å². The van der Waals surface area contributed by atoms with E-state index in [9.17, 15) is 5.11 Å². The van der Waals surface area contributed by atoms with Crippen LogP contribution in [0.1, 0.15) is 51.5 Å². The molecule has 0 bridgehead atoms. The molecular weight excluding hydrogens is 252 g/mol. The zero-order valence-corrected chi connectivity index (χ0v) is 12.5. The van der Waals surface area contributed by atoms with Crippen molar-refractivity contribution in [3.63, 3.8) is 0 Å². The van der Waals surface area contributed by atoms with Crippen LogP contribution in [0.2, 0.25) is 0 Å². The molecular formula is C15H26N4O. The molecule has 0 amide bonds. The van der Waals surface area contributed by atoms with Gasteiger partial charge in [0.15, 0.2) is 0 Å². The van der Waals surface area contributed by atoms with E-state index in [2.05, 4.69) is 29.1 Å². The smallest absolute Gasteiger partial charge is 0.134 e. The van der Waals surface area contributed by atoms with Crippen LogP contribution < -0.4 is 11.1 Å². The number of nitrogen functional groups attached to an aromatic ring is 1. The summed E-state index contributed by atoms with van der Waals surface area (Å²) in [4.78, 5) is 8.33. The summed E-state index contributed by atoms with van der Waals surface area (Å²) in [6, 6.07) is 0. The summed E-state index contributed by atoms with van der Waals surface area (Å²) in [6.45, 7) is 4.84. The summed E-state index contributed by atoms with van der Waals surface area (Å²) in [5.41, 5.74) is 6.25. The number of rotatable bonds is 5. The maximum Gasteiger partial charge on any atom is 0.134 e. The number of nitrogens with one attached hydrogen (secondary N) is 1. The Morgan fingerprint density at radius 3 is 3.00 bits per heavy atom. The monoisotopic (exact) mass is 278 g/mol. The lowest BCUT2D eigenvalue weighted by Crippen LogP contribution is -2.41. The Morgan fingerprint density at radius 1 is 1.50 bits per heavy atom. The lowest BCUT2D eigenvalue weighted by atomic mass is 9.79. The fraction of sp³-hybridized carbons (Fsp3) is 0.733. The number of anilines is 2. The number of aromatic nitrogens is 2. The van der Waals surface area contributed by atoms with Crippen LogP contribution in [0.25, 0.3) is 0 Å². The van der Waals surface area contributed by atoms with E-state index in [1.165, 1.54) is 12.7 Å². The minimum Gasteiger partial charge on any atom is -0.388 e. The molecule has 2 rings (SSSR count). The molecule has 4 N–H and O–H groups in total. The fourth-order valence-electron chi connectivity index (χ4n) is 3.12. The second-order valence-electron chi connectivity index (χ2n) is 6.12. The van der Waals surface area contributed by atoms with Gasteiger partial charge >= 0.3 is 0 Å². The summed E-state index contributed by atoms with van der Waals surface area (Å²) in [6.07, 6.45) is 7.33. The molecule has 20 heavy (non-hydrogen) atoms. The topological polar surface area (TPSA) is 84.1 Å². The zero-order chi connectivity index (χ0) is 14.6. The molecule has 5 nitrogen and oxygen atoms in total. The number of hydrogen-bond acceptors (Lipinski definition) is 5. The van der Waals surface area contributed by atoms with Gasteiger partial charge in [-0.05, 0) is 25.2 Å². The Balaban J connectivity index is 2.05. The highest BCUT2D eigenvalue weighted by Crippen LogP contribution is 2.32. The third kappa shape index (κ3) is 3.60. The SMILES string of the molecule is CCCc1c(N)ncnc1NCC1(O)CCCC(C)C1. The summed E-state index contributed by atoms with van der Waals surface area (Å²) < 4.78 is 0.